The molecule has 3 aromatic rings. The highest BCUT2D eigenvalue weighted by Crippen LogP contribution is 2.18. The lowest BCUT2D eigenvalue weighted by atomic mass is 10.1. The van der Waals surface area contributed by atoms with E-state index in [4.69, 9.17) is 5.73 Å². The number of anilines is 2. The Bertz CT molecular complexity index is 1150. The number of hydrogen-bond donors (Lipinski definition) is 4. The largest absolute Gasteiger partial charge is 0.370 e. The molecule has 0 atom stereocenters. The first-order valence-corrected chi connectivity index (χ1v) is 9.72. The molecule has 1 heterocycles. The fourth-order valence-corrected chi connectivity index (χ4v) is 2.82. The zero-order valence-corrected chi connectivity index (χ0v) is 17.0. The van der Waals surface area contributed by atoms with Gasteiger partial charge in [-0.2, -0.15) is 0 Å². The summed E-state index contributed by atoms with van der Waals surface area (Å²) in [6, 6.07) is 16.2. The summed E-state index contributed by atoms with van der Waals surface area (Å²) in [6.07, 6.45) is 3.02. The second kappa shape index (κ2) is 10.5. The molecule has 0 aliphatic rings. The minimum Gasteiger partial charge on any atom is -0.370 e. The topological polar surface area (TPSA) is 143 Å². The molecule has 0 saturated carbocycles. The van der Waals surface area contributed by atoms with Crippen LogP contribution in [0.5, 0.6) is 0 Å². The summed E-state index contributed by atoms with van der Waals surface area (Å²) in [5, 5.41) is 8.01. The van der Waals surface area contributed by atoms with E-state index in [1.807, 2.05) is 0 Å². The third-order valence-electron chi connectivity index (χ3n) is 4.38. The molecule has 32 heavy (non-hydrogen) atoms. The van der Waals surface area contributed by atoms with Crippen LogP contribution in [0.2, 0.25) is 0 Å². The van der Waals surface area contributed by atoms with Crippen molar-refractivity contribution < 1.29 is 19.2 Å². The number of pyridine rings is 1. The molecule has 2 aromatic carbocycles. The number of carbonyl (C=O) groups excluding carboxylic acids is 4. The molecule has 0 fully saturated rings. The Morgan fingerprint density at radius 1 is 0.812 bits per heavy atom. The predicted octanol–water partition coefficient (Wildman–Crippen LogP) is 2.19. The minimum absolute atomic E-state index is 0.0117. The normalized spacial score (nSPS) is 10.1. The van der Waals surface area contributed by atoms with Gasteiger partial charge in [-0.1, -0.05) is 18.2 Å². The zero-order valence-electron chi connectivity index (χ0n) is 17.0. The number of nitrogens with two attached hydrogens (primary N) is 1. The van der Waals surface area contributed by atoms with Crippen LogP contribution in [0.3, 0.4) is 0 Å². The average Bonchev–Trinajstić information content (AvgIpc) is 2.80. The van der Waals surface area contributed by atoms with Crippen molar-refractivity contribution in [3.05, 3.63) is 89.7 Å². The molecule has 5 N–H and O–H groups in total. The van der Waals surface area contributed by atoms with Crippen molar-refractivity contribution in [1.29, 1.82) is 0 Å². The summed E-state index contributed by atoms with van der Waals surface area (Å²) < 4.78 is 0. The number of amides is 4. The van der Waals surface area contributed by atoms with E-state index in [9.17, 15) is 19.2 Å². The number of carbonyl (C=O) groups is 4. The van der Waals surface area contributed by atoms with Gasteiger partial charge in [0.15, 0.2) is 0 Å². The maximum Gasteiger partial charge on any atom is 0.257 e. The first kappa shape index (κ1) is 22.2. The van der Waals surface area contributed by atoms with Gasteiger partial charge in [-0.15, -0.1) is 0 Å². The first-order valence-electron chi connectivity index (χ1n) is 9.72. The molecule has 9 nitrogen and oxygen atoms in total. The molecule has 9 heteroatoms. The van der Waals surface area contributed by atoms with Crippen molar-refractivity contribution >= 4 is 35.0 Å². The molecule has 0 aliphatic carbocycles. The summed E-state index contributed by atoms with van der Waals surface area (Å²) in [6.45, 7) is 0.0924. The van der Waals surface area contributed by atoms with E-state index in [2.05, 4.69) is 20.9 Å². The van der Waals surface area contributed by atoms with Crippen LogP contribution in [0.15, 0.2) is 73.1 Å². The highest BCUT2D eigenvalue weighted by molar-refractivity contribution is 6.10. The molecule has 0 saturated heterocycles. The van der Waals surface area contributed by atoms with Gasteiger partial charge in [-0.05, 0) is 42.5 Å². The Kier molecular flexibility index (Phi) is 7.26. The van der Waals surface area contributed by atoms with Crippen molar-refractivity contribution in [3.8, 4) is 0 Å². The number of rotatable bonds is 8. The highest BCUT2D eigenvalue weighted by Gasteiger charge is 2.15. The maximum atomic E-state index is 12.8. The van der Waals surface area contributed by atoms with Crippen LogP contribution in [0, 0.1) is 0 Å². The van der Waals surface area contributed by atoms with Crippen LogP contribution in [-0.4, -0.2) is 35.2 Å². The molecular formula is C23H21N5O4. The van der Waals surface area contributed by atoms with Crippen LogP contribution in [0.25, 0.3) is 0 Å². The molecule has 162 valence electrons. The standard InChI is InChI=1S/C23H21N5O4/c24-20(29)10-12-26-23(32)18-8-1-2-9-19(18)28-21(30)15-5-3-7-17(13-15)27-22(31)16-6-4-11-25-14-16/h1-9,11,13-14H,10,12H2,(H2,24,29)(H,26,32)(H,27,31)(H,28,30). The van der Waals surface area contributed by atoms with Crippen LogP contribution >= 0.6 is 0 Å². The van der Waals surface area contributed by atoms with Crippen molar-refractivity contribution in [3.63, 3.8) is 0 Å². The third-order valence-corrected chi connectivity index (χ3v) is 4.38. The van der Waals surface area contributed by atoms with Gasteiger partial charge in [-0.25, -0.2) is 0 Å². The Morgan fingerprint density at radius 3 is 2.31 bits per heavy atom. The molecule has 0 spiro atoms. The number of para-hydroxylation sites is 1. The summed E-state index contributed by atoms with van der Waals surface area (Å²) in [5.74, 6) is -1.78. The van der Waals surface area contributed by atoms with Gasteiger partial charge >= 0.3 is 0 Å². The molecule has 4 amide bonds. The Labute approximate surface area is 184 Å². The van der Waals surface area contributed by atoms with Gasteiger partial charge in [-0.3, -0.25) is 24.2 Å². The number of hydrogen-bond acceptors (Lipinski definition) is 5. The van der Waals surface area contributed by atoms with Crippen LogP contribution in [0.1, 0.15) is 37.5 Å². The summed E-state index contributed by atoms with van der Waals surface area (Å²) >= 11 is 0. The zero-order chi connectivity index (χ0) is 22.9. The van der Waals surface area contributed by atoms with E-state index in [1.54, 1.807) is 60.8 Å². The first-order chi connectivity index (χ1) is 15.4. The van der Waals surface area contributed by atoms with E-state index in [1.165, 1.54) is 12.3 Å². The monoisotopic (exact) mass is 431 g/mol. The second-order valence-electron chi connectivity index (χ2n) is 6.75. The Balaban J connectivity index is 1.70. The van der Waals surface area contributed by atoms with Crippen LogP contribution in [0.4, 0.5) is 11.4 Å². The van der Waals surface area contributed by atoms with Crippen LogP contribution in [-0.2, 0) is 4.79 Å². The average molecular weight is 431 g/mol. The number of nitrogens with one attached hydrogen (secondary N) is 3. The molecular weight excluding hydrogens is 410 g/mol. The van der Waals surface area contributed by atoms with Crippen molar-refractivity contribution in [1.82, 2.24) is 10.3 Å². The van der Waals surface area contributed by atoms with E-state index in [0.29, 0.717) is 16.9 Å². The fraction of sp³-hybridized carbons (Fsp3) is 0.0870. The smallest absolute Gasteiger partial charge is 0.257 e. The van der Waals surface area contributed by atoms with Gasteiger partial charge in [0.25, 0.3) is 17.7 Å². The van der Waals surface area contributed by atoms with Crippen molar-refractivity contribution in [2.24, 2.45) is 5.73 Å². The van der Waals surface area contributed by atoms with Crippen LogP contribution < -0.4 is 21.7 Å². The maximum absolute atomic E-state index is 12.8. The molecule has 0 radical (unpaired) electrons. The van der Waals surface area contributed by atoms with Gasteiger partial charge in [0.2, 0.25) is 5.91 Å². The van der Waals surface area contributed by atoms with E-state index >= 15 is 0 Å². The molecule has 3 rings (SSSR count). The molecule has 0 bridgehead atoms. The lowest BCUT2D eigenvalue weighted by molar-refractivity contribution is -0.117. The lowest BCUT2D eigenvalue weighted by Crippen LogP contribution is -2.28. The molecule has 0 unspecified atom stereocenters. The van der Waals surface area contributed by atoms with E-state index in [-0.39, 0.29) is 30.0 Å². The molecule has 0 aliphatic heterocycles. The SMILES string of the molecule is NC(=O)CCNC(=O)c1ccccc1NC(=O)c1cccc(NC(=O)c2cccnc2)c1. The van der Waals surface area contributed by atoms with Gasteiger partial charge in [0.05, 0.1) is 16.8 Å². The third kappa shape index (κ3) is 5.99. The number of benzene rings is 2. The second-order valence-corrected chi connectivity index (χ2v) is 6.75. The summed E-state index contributed by atoms with van der Waals surface area (Å²) in [5.41, 5.74) is 6.73. The van der Waals surface area contributed by atoms with E-state index < -0.39 is 17.7 Å². The van der Waals surface area contributed by atoms with Gasteiger partial charge in [0, 0.05) is 36.6 Å². The Hall–Kier alpha value is -4.53. The summed E-state index contributed by atoms with van der Waals surface area (Å²) in [4.78, 5) is 52.2. The number of nitrogens with zero attached hydrogens (tertiary/aromatic N) is 1. The van der Waals surface area contributed by atoms with E-state index in [0.717, 1.165) is 0 Å². The quantitative estimate of drug-likeness (QED) is 0.432. The van der Waals surface area contributed by atoms with Crippen molar-refractivity contribution in [2.45, 2.75) is 6.42 Å². The van der Waals surface area contributed by atoms with Gasteiger partial charge < -0.3 is 21.7 Å². The fourth-order valence-electron chi connectivity index (χ4n) is 2.82. The molecule has 1 aromatic heterocycles. The number of aromatic nitrogens is 1. The summed E-state index contributed by atoms with van der Waals surface area (Å²) in [7, 11) is 0. The highest BCUT2D eigenvalue weighted by atomic mass is 16.2. The lowest BCUT2D eigenvalue weighted by Gasteiger charge is -2.12. The minimum atomic E-state index is -0.526. The predicted molar refractivity (Wildman–Crippen MR) is 119 cm³/mol. The number of primary amides is 1. The Morgan fingerprint density at radius 2 is 1.56 bits per heavy atom. The van der Waals surface area contributed by atoms with Gasteiger partial charge in [0.1, 0.15) is 0 Å². The van der Waals surface area contributed by atoms with Crippen molar-refractivity contribution in [2.75, 3.05) is 17.2 Å².